The largest absolute Gasteiger partial charge is 0.439 e. The van der Waals surface area contributed by atoms with Gasteiger partial charge in [0.1, 0.15) is 5.75 Å². The lowest BCUT2D eigenvalue weighted by molar-refractivity contribution is 0.198. The Balaban J connectivity index is 2.08. The van der Waals surface area contributed by atoms with Crippen molar-refractivity contribution in [3.05, 3.63) is 53.7 Å². The molecule has 0 saturated carbocycles. The second-order valence-electron chi connectivity index (χ2n) is 4.93. The van der Waals surface area contributed by atoms with Gasteiger partial charge >= 0.3 is 0 Å². The lowest BCUT2D eigenvalue weighted by atomic mass is 10.0. The van der Waals surface area contributed by atoms with Crippen molar-refractivity contribution in [2.45, 2.75) is 32.8 Å². The van der Waals surface area contributed by atoms with E-state index in [0.29, 0.717) is 11.8 Å². The van der Waals surface area contributed by atoms with Gasteiger partial charge in [-0.3, -0.25) is 0 Å². The molecule has 0 spiro atoms. The first kappa shape index (κ1) is 13.6. The molecule has 1 aromatic heterocycles. The molecular weight excluding hydrogens is 238 g/mol. The van der Waals surface area contributed by atoms with Crippen molar-refractivity contribution in [1.82, 2.24) is 4.98 Å². The highest BCUT2D eigenvalue weighted by Gasteiger charge is 2.04. The molecule has 0 unspecified atom stereocenters. The van der Waals surface area contributed by atoms with Crippen LogP contribution in [0, 0.1) is 0 Å². The monoisotopic (exact) mass is 257 g/mol. The highest BCUT2D eigenvalue weighted by atomic mass is 16.5. The van der Waals surface area contributed by atoms with E-state index in [1.54, 1.807) is 19.2 Å². The van der Waals surface area contributed by atoms with E-state index in [-0.39, 0.29) is 0 Å². The number of rotatable bonds is 4. The number of pyridine rings is 1. The van der Waals surface area contributed by atoms with E-state index in [1.165, 1.54) is 5.56 Å². The first-order chi connectivity index (χ1) is 9.06. The molecule has 0 aliphatic heterocycles. The van der Waals surface area contributed by atoms with Crippen LogP contribution in [0.4, 0.5) is 0 Å². The summed E-state index contributed by atoms with van der Waals surface area (Å²) in [5, 5.41) is 9.41. The van der Waals surface area contributed by atoms with Gasteiger partial charge in [-0.25, -0.2) is 4.98 Å². The zero-order valence-electron chi connectivity index (χ0n) is 11.5. The molecule has 0 fully saturated rings. The first-order valence-electron chi connectivity index (χ1n) is 6.48. The van der Waals surface area contributed by atoms with Crippen LogP contribution in [-0.4, -0.2) is 10.1 Å². The van der Waals surface area contributed by atoms with Crippen molar-refractivity contribution >= 4 is 0 Å². The Labute approximate surface area is 113 Å². The summed E-state index contributed by atoms with van der Waals surface area (Å²) < 4.78 is 5.66. The Hall–Kier alpha value is -1.87. The third-order valence-electron chi connectivity index (χ3n) is 3.01. The molecule has 2 rings (SSSR count). The minimum Gasteiger partial charge on any atom is -0.439 e. The molecule has 19 heavy (non-hydrogen) atoms. The molecule has 0 amide bonds. The van der Waals surface area contributed by atoms with Gasteiger partial charge in [0.25, 0.3) is 0 Å². The number of nitrogens with zero attached hydrogens (tertiary/aromatic N) is 1. The van der Waals surface area contributed by atoms with E-state index in [1.807, 2.05) is 18.2 Å². The van der Waals surface area contributed by atoms with Crippen molar-refractivity contribution in [2.75, 3.05) is 0 Å². The van der Waals surface area contributed by atoms with Gasteiger partial charge in [-0.2, -0.15) is 0 Å². The molecule has 1 N–H and O–H groups in total. The second kappa shape index (κ2) is 5.85. The molecule has 2 aromatic rings. The zero-order valence-corrected chi connectivity index (χ0v) is 11.5. The minimum absolute atomic E-state index is 0.508. The van der Waals surface area contributed by atoms with Gasteiger partial charge in [0, 0.05) is 12.3 Å². The molecule has 1 atom stereocenters. The Bertz CT molecular complexity index is 466. The van der Waals surface area contributed by atoms with Gasteiger partial charge in [-0.15, -0.1) is 0 Å². The van der Waals surface area contributed by atoms with Crippen LogP contribution >= 0.6 is 0 Å². The Kier molecular flexibility index (Phi) is 4.17. The Morgan fingerprint density at radius 2 is 1.58 bits per heavy atom. The van der Waals surface area contributed by atoms with Crippen LogP contribution in [0.5, 0.6) is 11.6 Å². The lowest BCUT2D eigenvalue weighted by Crippen LogP contribution is -1.94. The average molecular weight is 257 g/mol. The van der Waals surface area contributed by atoms with Crippen molar-refractivity contribution in [2.24, 2.45) is 0 Å². The van der Waals surface area contributed by atoms with Gasteiger partial charge in [-0.05, 0) is 42.2 Å². The van der Waals surface area contributed by atoms with Crippen molar-refractivity contribution in [1.29, 1.82) is 0 Å². The smallest absolute Gasteiger partial charge is 0.219 e. The van der Waals surface area contributed by atoms with Gasteiger partial charge in [-0.1, -0.05) is 26.0 Å². The maximum atomic E-state index is 9.41. The fraction of sp³-hybridized carbons (Fsp3) is 0.312. The highest BCUT2D eigenvalue weighted by molar-refractivity contribution is 5.32. The van der Waals surface area contributed by atoms with Crippen molar-refractivity contribution < 1.29 is 9.84 Å². The van der Waals surface area contributed by atoms with Crippen LogP contribution in [0.25, 0.3) is 0 Å². The third kappa shape index (κ3) is 3.55. The van der Waals surface area contributed by atoms with E-state index in [4.69, 9.17) is 4.74 Å². The van der Waals surface area contributed by atoms with Gasteiger partial charge < -0.3 is 9.84 Å². The van der Waals surface area contributed by atoms with Gasteiger partial charge in [0.2, 0.25) is 5.88 Å². The number of aliphatic hydroxyl groups excluding tert-OH is 1. The summed E-state index contributed by atoms with van der Waals surface area (Å²) in [4.78, 5) is 4.17. The van der Waals surface area contributed by atoms with Crippen LogP contribution in [0.15, 0.2) is 42.6 Å². The number of benzene rings is 1. The van der Waals surface area contributed by atoms with Gasteiger partial charge in [0.15, 0.2) is 0 Å². The molecule has 0 aliphatic rings. The summed E-state index contributed by atoms with van der Waals surface area (Å²) >= 11 is 0. The predicted molar refractivity (Wildman–Crippen MR) is 75.5 cm³/mol. The number of aliphatic hydroxyl groups is 1. The molecule has 1 heterocycles. The van der Waals surface area contributed by atoms with E-state index in [9.17, 15) is 5.11 Å². The maximum absolute atomic E-state index is 9.41. The summed E-state index contributed by atoms with van der Waals surface area (Å²) in [6.45, 7) is 6.03. The fourth-order valence-corrected chi connectivity index (χ4v) is 1.74. The van der Waals surface area contributed by atoms with Crippen LogP contribution < -0.4 is 4.74 Å². The molecular formula is C16H19NO2. The molecule has 0 aliphatic carbocycles. The molecule has 0 radical (unpaired) electrons. The topological polar surface area (TPSA) is 42.4 Å². The first-order valence-corrected chi connectivity index (χ1v) is 6.48. The van der Waals surface area contributed by atoms with Crippen molar-refractivity contribution in [3.8, 4) is 11.6 Å². The maximum Gasteiger partial charge on any atom is 0.219 e. The van der Waals surface area contributed by atoms with E-state index in [2.05, 4.69) is 31.0 Å². The molecule has 0 saturated heterocycles. The SMILES string of the molecule is CC(C)c1ccc(Oc2ccc([C@@H](C)O)cn2)cc1. The van der Waals surface area contributed by atoms with E-state index >= 15 is 0 Å². The Morgan fingerprint density at radius 3 is 2.05 bits per heavy atom. The molecule has 3 nitrogen and oxygen atoms in total. The van der Waals surface area contributed by atoms with Crippen molar-refractivity contribution in [3.63, 3.8) is 0 Å². The number of hydrogen-bond acceptors (Lipinski definition) is 3. The highest BCUT2D eigenvalue weighted by Crippen LogP contribution is 2.23. The summed E-state index contributed by atoms with van der Waals surface area (Å²) in [5.41, 5.74) is 2.06. The lowest BCUT2D eigenvalue weighted by Gasteiger charge is -2.09. The third-order valence-corrected chi connectivity index (χ3v) is 3.01. The predicted octanol–water partition coefficient (Wildman–Crippen LogP) is 4.05. The normalized spacial score (nSPS) is 12.5. The summed E-state index contributed by atoms with van der Waals surface area (Å²) in [6.07, 6.45) is 1.12. The Morgan fingerprint density at radius 1 is 0.947 bits per heavy atom. The van der Waals surface area contributed by atoms with Crippen LogP contribution in [0.2, 0.25) is 0 Å². The number of ether oxygens (including phenoxy) is 1. The number of hydrogen-bond donors (Lipinski definition) is 1. The summed E-state index contributed by atoms with van der Waals surface area (Å²) in [5.74, 6) is 1.81. The average Bonchev–Trinajstić information content (AvgIpc) is 2.40. The minimum atomic E-state index is -0.508. The molecule has 3 heteroatoms. The van der Waals surface area contributed by atoms with E-state index < -0.39 is 6.10 Å². The number of aromatic nitrogens is 1. The van der Waals surface area contributed by atoms with Crippen LogP contribution in [0.3, 0.4) is 0 Å². The van der Waals surface area contributed by atoms with E-state index in [0.717, 1.165) is 11.3 Å². The van der Waals surface area contributed by atoms with Crippen LogP contribution in [0.1, 0.15) is 43.9 Å². The van der Waals surface area contributed by atoms with Crippen LogP contribution in [-0.2, 0) is 0 Å². The molecule has 1 aromatic carbocycles. The molecule has 100 valence electrons. The molecule has 0 bridgehead atoms. The second-order valence-corrected chi connectivity index (χ2v) is 4.93. The van der Waals surface area contributed by atoms with Gasteiger partial charge in [0.05, 0.1) is 6.10 Å². The zero-order chi connectivity index (χ0) is 13.8. The fourth-order valence-electron chi connectivity index (χ4n) is 1.74. The quantitative estimate of drug-likeness (QED) is 0.898. The standard InChI is InChI=1S/C16H19NO2/c1-11(2)13-4-7-15(8-5-13)19-16-9-6-14(10-17-16)12(3)18/h4-12,18H,1-3H3/t12-/m1/s1. The summed E-state index contributed by atoms with van der Waals surface area (Å²) in [7, 11) is 0. The summed E-state index contributed by atoms with van der Waals surface area (Å²) in [6, 6.07) is 11.6.